The van der Waals surface area contributed by atoms with Gasteiger partial charge in [0, 0.05) is 30.6 Å². The zero-order chi connectivity index (χ0) is 42.8. The largest absolute Gasteiger partial charge is 2.00 e. The van der Waals surface area contributed by atoms with Crippen molar-refractivity contribution in [3.05, 3.63) is 191 Å². The Bertz CT molecular complexity index is 2550. The van der Waals surface area contributed by atoms with Crippen LogP contribution < -0.4 is 22.3 Å². The van der Waals surface area contributed by atoms with Gasteiger partial charge in [-0.15, -0.1) is 0 Å². The predicted molar refractivity (Wildman–Crippen MR) is 261 cm³/mol. The van der Waals surface area contributed by atoms with Gasteiger partial charge in [-0.3, -0.25) is 14.4 Å². The minimum atomic E-state index is -0.0327. The van der Waals surface area contributed by atoms with E-state index >= 15 is 0 Å². The van der Waals surface area contributed by atoms with Crippen molar-refractivity contribution in [1.29, 1.82) is 0 Å². The molecule has 316 valence electrons. The number of rotatable bonds is 10. The first kappa shape index (κ1) is 49.6. The van der Waals surface area contributed by atoms with Crippen molar-refractivity contribution >= 4 is 62.4 Å². The predicted octanol–water partition coefficient (Wildman–Crippen LogP) is 10.7. The summed E-state index contributed by atoms with van der Waals surface area (Å²) in [7, 11) is 4.00. The Morgan fingerprint density at radius 3 is 1.48 bits per heavy atom. The van der Waals surface area contributed by atoms with Crippen molar-refractivity contribution in [2.75, 3.05) is 5.32 Å². The zero-order valence-electron chi connectivity index (χ0n) is 38.1. The molecule has 0 aliphatic heterocycles. The number of aliphatic imine (C=N–C) groups is 1. The molecule has 0 amide bonds. The number of benzene rings is 6. The van der Waals surface area contributed by atoms with Gasteiger partial charge in [0.15, 0.2) is 0 Å². The summed E-state index contributed by atoms with van der Waals surface area (Å²) in [5, 5.41) is 15.9. The van der Waals surface area contributed by atoms with E-state index in [0.29, 0.717) is 23.7 Å². The number of aryl methyl sites for hydroxylation is 2. The standard InChI is InChI=1S/C27H31N3.C21H25N3.C6H5.BrH.Mg/c1-18(2)21-15-11-16-22(19(3)4)26(21)28-25(20-12-7-6-8-13-20)27-23-14-9-10-17-24(23)30(5)29-27;1-14(2)16-10-8-11-17(15(3)4)21(16)22-13-19-18-9-6-7-12-20(18)24(5)23-19;1-2-4-6-5-3-1;;/h6-19,25,28H,1-5H3;6-15H,1-5H3;1-5H;1H;/q;;-1;;+2/p-1. The fourth-order valence-corrected chi connectivity index (χ4v) is 7.74. The van der Waals surface area contributed by atoms with Crippen LogP contribution in [-0.2, 0) is 14.1 Å². The van der Waals surface area contributed by atoms with E-state index in [0.717, 1.165) is 33.5 Å². The molecule has 8 aromatic rings. The monoisotopic (exact) mass is 896 g/mol. The summed E-state index contributed by atoms with van der Waals surface area (Å²) in [5.74, 6) is 1.75. The van der Waals surface area contributed by atoms with E-state index in [1.54, 1.807) is 0 Å². The summed E-state index contributed by atoms with van der Waals surface area (Å²) in [6, 6.07) is 53.0. The van der Waals surface area contributed by atoms with Gasteiger partial charge in [-0.25, -0.2) is 0 Å². The average molecular weight is 898 g/mol. The number of halogens is 1. The summed E-state index contributed by atoms with van der Waals surface area (Å²) in [6.07, 6.45) is 1.91. The maximum atomic E-state index is 4.97. The van der Waals surface area contributed by atoms with Crippen LogP contribution in [0.25, 0.3) is 21.8 Å². The van der Waals surface area contributed by atoms with Crippen LogP contribution in [0.1, 0.15) is 124 Å². The molecule has 2 heterocycles. The minimum absolute atomic E-state index is 0. The van der Waals surface area contributed by atoms with Crippen molar-refractivity contribution in [3.63, 3.8) is 0 Å². The Kier molecular flexibility index (Phi) is 18.8. The third-order valence-electron chi connectivity index (χ3n) is 10.9. The van der Waals surface area contributed by atoms with Gasteiger partial charge in [0.05, 0.1) is 34.7 Å². The Balaban J connectivity index is 0.000000237. The van der Waals surface area contributed by atoms with Crippen molar-refractivity contribution in [2.45, 2.75) is 85.1 Å². The molecule has 1 N–H and O–H groups in total. The third-order valence-corrected chi connectivity index (χ3v) is 10.9. The molecule has 0 bridgehead atoms. The van der Waals surface area contributed by atoms with Crippen molar-refractivity contribution in [1.82, 2.24) is 19.6 Å². The van der Waals surface area contributed by atoms with Crippen LogP contribution >= 0.6 is 0 Å². The van der Waals surface area contributed by atoms with Crippen LogP contribution in [0.5, 0.6) is 0 Å². The van der Waals surface area contributed by atoms with Gasteiger partial charge < -0.3 is 22.3 Å². The quantitative estimate of drug-likeness (QED) is 0.0845. The van der Waals surface area contributed by atoms with Crippen LogP contribution in [0.2, 0.25) is 0 Å². The topological polar surface area (TPSA) is 60.0 Å². The van der Waals surface area contributed by atoms with Crippen LogP contribution in [0.3, 0.4) is 0 Å². The second-order valence-electron chi connectivity index (χ2n) is 16.6. The Morgan fingerprint density at radius 2 is 0.984 bits per heavy atom. The second kappa shape index (κ2) is 23.4. The first-order valence-corrected chi connectivity index (χ1v) is 21.3. The van der Waals surface area contributed by atoms with Crippen molar-refractivity contribution in [2.24, 2.45) is 19.1 Å². The number of fused-ring (bicyclic) bond motifs is 2. The van der Waals surface area contributed by atoms with E-state index in [1.807, 2.05) is 72.1 Å². The molecule has 8 heteroatoms. The summed E-state index contributed by atoms with van der Waals surface area (Å²) in [4.78, 5) is 4.88. The van der Waals surface area contributed by atoms with Crippen LogP contribution in [-0.4, -0.2) is 48.8 Å². The molecule has 0 spiro atoms. The Morgan fingerprint density at radius 1 is 0.532 bits per heavy atom. The molecule has 6 nitrogen and oxygen atoms in total. The zero-order valence-corrected chi connectivity index (χ0v) is 41.1. The first-order chi connectivity index (χ1) is 29.0. The van der Waals surface area contributed by atoms with Gasteiger partial charge in [0.1, 0.15) is 5.69 Å². The first-order valence-electron chi connectivity index (χ1n) is 21.3. The second-order valence-corrected chi connectivity index (χ2v) is 16.6. The Labute approximate surface area is 396 Å². The number of hydrogen-bond acceptors (Lipinski definition) is 4. The smallest absolute Gasteiger partial charge is 1.00 e. The molecule has 0 fully saturated rings. The van der Waals surface area contributed by atoms with Gasteiger partial charge in [0.2, 0.25) is 0 Å². The number of hydrogen-bond donors (Lipinski definition) is 1. The maximum absolute atomic E-state index is 4.97. The average Bonchev–Trinajstić information content (AvgIpc) is 3.78. The normalized spacial score (nSPS) is 11.6. The van der Waals surface area contributed by atoms with Crippen molar-refractivity contribution in [3.8, 4) is 0 Å². The fraction of sp³-hybridized carbons (Fsp3) is 0.278. The molecule has 62 heavy (non-hydrogen) atoms. The molecule has 0 saturated heterocycles. The fourth-order valence-electron chi connectivity index (χ4n) is 7.74. The number of aromatic nitrogens is 4. The van der Waals surface area contributed by atoms with Gasteiger partial charge in [-0.2, -0.15) is 46.6 Å². The Hall–Kier alpha value is -5.02. The van der Waals surface area contributed by atoms with E-state index in [4.69, 9.17) is 10.1 Å². The van der Waals surface area contributed by atoms with Gasteiger partial charge >= 0.3 is 23.1 Å². The number of para-hydroxylation sites is 4. The van der Waals surface area contributed by atoms with Crippen LogP contribution in [0.15, 0.2) is 151 Å². The molecular weight excluding hydrogens is 837 g/mol. The van der Waals surface area contributed by atoms with E-state index in [1.165, 1.54) is 38.9 Å². The molecule has 6 aromatic carbocycles. The van der Waals surface area contributed by atoms with E-state index in [2.05, 4.69) is 175 Å². The summed E-state index contributed by atoms with van der Waals surface area (Å²) >= 11 is 0. The SMILES string of the molecule is CC(C)c1cccc(C(C)C)c1N=Cc1nn(C)c2ccccc12.CC(C)c1cccc(C(C)C)c1NC(c1ccccc1)c1nn(C)c2ccccc12.[Br-].[Mg+2].[c-]1ccccc1. The summed E-state index contributed by atoms with van der Waals surface area (Å²) in [5.41, 5.74) is 13.1. The van der Waals surface area contributed by atoms with E-state index < -0.39 is 0 Å². The van der Waals surface area contributed by atoms with Gasteiger partial charge in [0.25, 0.3) is 0 Å². The minimum Gasteiger partial charge on any atom is -1.00 e. The third kappa shape index (κ3) is 11.9. The molecule has 0 saturated carbocycles. The van der Waals surface area contributed by atoms with Crippen LogP contribution in [0, 0.1) is 6.07 Å². The number of anilines is 1. The van der Waals surface area contributed by atoms with Gasteiger partial charge in [-0.05, 0) is 63.6 Å². The van der Waals surface area contributed by atoms with E-state index in [9.17, 15) is 0 Å². The summed E-state index contributed by atoms with van der Waals surface area (Å²) < 4.78 is 3.90. The van der Waals surface area contributed by atoms with E-state index in [-0.39, 0.29) is 46.1 Å². The molecule has 0 radical (unpaired) electrons. The molecular formula is C54H61BrMgN6. The van der Waals surface area contributed by atoms with Gasteiger partial charge in [-0.1, -0.05) is 159 Å². The number of nitrogens with one attached hydrogen (secondary N) is 1. The molecule has 0 aliphatic rings. The van der Waals surface area contributed by atoms with Crippen molar-refractivity contribution < 1.29 is 17.0 Å². The summed E-state index contributed by atoms with van der Waals surface area (Å²) in [6.45, 7) is 17.9. The molecule has 2 aromatic heterocycles. The molecule has 1 atom stereocenters. The molecule has 0 aliphatic carbocycles. The molecule has 1 unspecified atom stereocenters. The van der Waals surface area contributed by atoms with Crippen LogP contribution in [0.4, 0.5) is 11.4 Å². The molecule has 8 rings (SSSR count). The number of nitrogens with zero attached hydrogens (tertiary/aromatic N) is 5. The maximum Gasteiger partial charge on any atom is 2.00 e.